The Morgan fingerprint density at radius 2 is 1.82 bits per heavy atom. The molecule has 212 valence electrons. The van der Waals surface area contributed by atoms with Gasteiger partial charge in [0.15, 0.2) is 5.76 Å². The zero-order valence-electron chi connectivity index (χ0n) is 22.7. The number of nitrogens with zero attached hydrogens (tertiary/aromatic N) is 1. The zero-order valence-corrected chi connectivity index (χ0v) is 22.7. The molecule has 3 N–H and O–H groups in total. The smallest absolute Gasteiger partial charge is 0.335 e. The van der Waals surface area contributed by atoms with Gasteiger partial charge in [-0.05, 0) is 42.7 Å². The number of hydrogen-bond donors (Lipinski definition) is 3. The number of unbranched alkanes of at least 4 members (excludes halogenated alkanes) is 2. The van der Waals surface area contributed by atoms with Gasteiger partial charge in [-0.3, -0.25) is 19.2 Å². The van der Waals surface area contributed by atoms with Crippen LogP contribution in [0.2, 0.25) is 0 Å². The van der Waals surface area contributed by atoms with E-state index in [9.17, 15) is 24.3 Å². The summed E-state index contributed by atoms with van der Waals surface area (Å²) in [7, 11) is 0. The maximum Gasteiger partial charge on any atom is 0.335 e. The highest BCUT2D eigenvalue weighted by molar-refractivity contribution is 5.93. The van der Waals surface area contributed by atoms with Crippen molar-refractivity contribution in [1.29, 1.82) is 0 Å². The number of rotatable bonds is 16. The number of hydrogen-bond acceptors (Lipinski definition) is 6. The summed E-state index contributed by atoms with van der Waals surface area (Å²) in [4.78, 5) is 54.2. The van der Waals surface area contributed by atoms with Gasteiger partial charge < -0.3 is 20.2 Å². The third-order valence-electron chi connectivity index (χ3n) is 6.38. The summed E-state index contributed by atoms with van der Waals surface area (Å²) in [5, 5.41) is 15.8. The molecule has 3 aromatic rings. The van der Waals surface area contributed by atoms with E-state index in [4.69, 9.17) is 9.25 Å². The predicted molar refractivity (Wildman–Crippen MR) is 148 cm³/mol. The van der Waals surface area contributed by atoms with Crippen LogP contribution in [0.3, 0.4) is 0 Å². The first-order valence-electron chi connectivity index (χ1n) is 13.2. The molecule has 0 saturated heterocycles. The molecule has 0 aliphatic carbocycles. The van der Waals surface area contributed by atoms with E-state index in [1.165, 1.54) is 12.1 Å². The van der Waals surface area contributed by atoms with Gasteiger partial charge in [-0.2, -0.15) is 0 Å². The summed E-state index contributed by atoms with van der Waals surface area (Å²) in [6.07, 6.45) is 3.86. The van der Waals surface area contributed by atoms with Crippen molar-refractivity contribution in [2.45, 2.75) is 46.1 Å². The number of carbonyl (C=O) groups is 4. The van der Waals surface area contributed by atoms with Crippen LogP contribution in [0.4, 0.5) is 0 Å². The van der Waals surface area contributed by atoms with Crippen molar-refractivity contribution in [2.75, 3.05) is 13.2 Å². The summed E-state index contributed by atoms with van der Waals surface area (Å²) in [5.74, 6) is -2.07. The van der Waals surface area contributed by atoms with Crippen molar-refractivity contribution in [1.82, 2.24) is 15.7 Å². The van der Waals surface area contributed by atoms with Gasteiger partial charge in [-0.1, -0.05) is 68.7 Å². The van der Waals surface area contributed by atoms with E-state index in [2.05, 4.69) is 17.6 Å². The lowest BCUT2D eigenvalue weighted by atomic mass is 10.0. The van der Waals surface area contributed by atoms with Crippen molar-refractivity contribution in [2.24, 2.45) is 5.92 Å². The van der Waals surface area contributed by atoms with E-state index in [1.54, 1.807) is 25.1 Å². The molecule has 0 fully saturated rings. The van der Waals surface area contributed by atoms with Gasteiger partial charge in [0.05, 0.1) is 24.7 Å². The lowest BCUT2D eigenvalue weighted by Gasteiger charge is -2.23. The topological polar surface area (TPSA) is 138 Å². The first-order chi connectivity index (χ1) is 19.3. The molecule has 10 heteroatoms. The SMILES string of the molecule is CCCCCC(CN(C=O)OCc1ccccc1)C(=O)NCNC(=O)c1ccc(-c2ccc(C)c(C(=O)O)c2)o1. The fraction of sp³-hybridized carbons (Fsp3) is 0.333. The van der Waals surface area contributed by atoms with Crippen LogP contribution in [-0.4, -0.2) is 47.6 Å². The Kier molecular flexibility index (Phi) is 11.5. The normalized spacial score (nSPS) is 11.4. The number of amides is 3. The molecule has 10 nitrogen and oxygen atoms in total. The average Bonchev–Trinajstić information content (AvgIpc) is 3.45. The summed E-state index contributed by atoms with van der Waals surface area (Å²) < 4.78 is 5.63. The zero-order chi connectivity index (χ0) is 28.9. The van der Waals surface area contributed by atoms with Crippen molar-refractivity contribution in [3.8, 4) is 11.3 Å². The second-order valence-corrected chi connectivity index (χ2v) is 9.38. The third kappa shape index (κ3) is 8.81. The number of aryl methyl sites for hydroxylation is 1. The Morgan fingerprint density at radius 1 is 1.05 bits per heavy atom. The lowest BCUT2D eigenvalue weighted by Crippen LogP contribution is -2.43. The fourth-order valence-electron chi connectivity index (χ4n) is 4.08. The van der Waals surface area contributed by atoms with Gasteiger partial charge in [0, 0.05) is 5.56 Å². The molecule has 0 aliphatic heterocycles. The van der Waals surface area contributed by atoms with Crippen LogP contribution in [0, 0.1) is 12.8 Å². The Labute approximate surface area is 233 Å². The number of nitrogens with one attached hydrogen (secondary N) is 2. The number of carbonyl (C=O) groups excluding carboxylic acids is 3. The van der Waals surface area contributed by atoms with E-state index in [-0.39, 0.29) is 37.1 Å². The number of benzene rings is 2. The molecular formula is C30H35N3O7. The summed E-state index contributed by atoms with van der Waals surface area (Å²) in [6.45, 7) is 3.90. The molecule has 0 aliphatic rings. The van der Waals surface area contributed by atoms with Crippen LogP contribution < -0.4 is 10.6 Å². The van der Waals surface area contributed by atoms with Crippen LogP contribution in [0.25, 0.3) is 11.3 Å². The molecule has 40 heavy (non-hydrogen) atoms. The minimum atomic E-state index is -1.05. The molecule has 1 atom stereocenters. The first-order valence-corrected chi connectivity index (χ1v) is 13.2. The molecule has 3 amide bonds. The van der Waals surface area contributed by atoms with Gasteiger partial charge in [0.25, 0.3) is 5.91 Å². The average molecular weight is 550 g/mol. The van der Waals surface area contributed by atoms with Gasteiger partial charge in [-0.25, -0.2) is 9.86 Å². The molecule has 0 spiro atoms. The molecular weight excluding hydrogens is 514 g/mol. The van der Waals surface area contributed by atoms with Crippen molar-refractivity contribution < 1.29 is 33.5 Å². The first kappa shape index (κ1) is 30.1. The monoisotopic (exact) mass is 549 g/mol. The summed E-state index contributed by atoms with van der Waals surface area (Å²) >= 11 is 0. The van der Waals surface area contributed by atoms with Crippen LogP contribution >= 0.6 is 0 Å². The maximum absolute atomic E-state index is 13.0. The second kappa shape index (κ2) is 15.2. The van der Waals surface area contributed by atoms with Gasteiger partial charge in [-0.15, -0.1) is 0 Å². The highest BCUT2D eigenvalue weighted by Crippen LogP contribution is 2.25. The van der Waals surface area contributed by atoms with Gasteiger partial charge >= 0.3 is 5.97 Å². The number of carboxylic acids is 1. The van der Waals surface area contributed by atoms with Crippen molar-refractivity contribution in [3.63, 3.8) is 0 Å². The minimum absolute atomic E-state index is 0.0163. The fourth-order valence-corrected chi connectivity index (χ4v) is 4.08. The lowest BCUT2D eigenvalue weighted by molar-refractivity contribution is -0.182. The van der Waals surface area contributed by atoms with E-state index in [0.29, 0.717) is 29.7 Å². The molecule has 1 unspecified atom stereocenters. The highest BCUT2D eigenvalue weighted by atomic mass is 16.7. The molecule has 0 saturated carbocycles. The summed E-state index contributed by atoms with van der Waals surface area (Å²) in [5.41, 5.74) is 2.19. The molecule has 1 aromatic heterocycles. The molecule has 0 bridgehead atoms. The third-order valence-corrected chi connectivity index (χ3v) is 6.38. The van der Waals surface area contributed by atoms with Gasteiger partial charge in [0.1, 0.15) is 12.4 Å². The van der Waals surface area contributed by atoms with Crippen molar-refractivity contribution >= 4 is 24.2 Å². The molecule has 1 heterocycles. The standard InChI is InChI=1S/C30H35N3O7/c1-3-4-6-11-24(17-33(20-34)39-18-22-9-7-5-8-10-22)28(35)31-19-32-29(36)27-15-14-26(40-27)23-13-12-21(2)25(16-23)30(37)38/h5,7-10,12-16,20,24H,3-4,6,11,17-19H2,1-2H3,(H,31,35)(H,32,36)(H,37,38). The minimum Gasteiger partial charge on any atom is -0.478 e. The number of hydroxylamine groups is 2. The Balaban J connectivity index is 1.55. The van der Waals surface area contributed by atoms with E-state index >= 15 is 0 Å². The van der Waals surface area contributed by atoms with Crippen LogP contribution in [-0.2, 0) is 21.0 Å². The quantitative estimate of drug-likeness (QED) is 0.103. The number of aromatic carboxylic acids is 1. The predicted octanol–water partition coefficient (Wildman–Crippen LogP) is 4.54. The van der Waals surface area contributed by atoms with Crippen LogP contribution in [0.5, 0.6) is 0 Å². The summed E-state index contributed by atoms with van der Waals surface area (Å²) in [6, 6.07) is 17.3. The van der Waals surface area contributed by atoms with Crippen LogP contribution in [0.15, 0.2) is 65.1 Å². The number of furan rings is 1. The molecule has 3 rings (SSSR count). The Hall–Kier alpha value is -4.44. The van der Waals surface area contributed by atoms with E-state index in [0.717, 1.165) is 29.9 Å². The highest BCUT2D eigenvalue weighted by Gasteiger charge is 2.22. The Morgan fingerprint density at radius 3 is 2.52 bits per heavy atom. The second-order valence-electron chi connectivity index (χ2n) is 9.38. The molecule has 0 radical (unpaired) electrons. The largest absolute Gasteiger partial charge is 0.478 e. The van der Waals surface area contributed by atoms with Crippen LogP contribution in [0.1, 0.15) is 64.6 Å². The number of carboxylic acid groups (broad SMARTS) is 1. The van der Waals surface area contributed by atoms with E-state index < -0.39 is 17.8 Å². The molecule has 2 aromatic carbocycles. The van der Waals surface area contributed by atoms with E-state index in [1.807, 2.05) is 30.3 Å². The maximum atomic E-state index is 13.0. The van der Waals surface area contributed by atoms with Gasteiger partial charge in [0.2, 0.25) is 12.3 Å². The Bertz CT molecular complexity index is 1290. The van der Waals surface area contributed by atoms with Crippen molar-refractivity contribution in [3.05, 3.63) is 83.1 Å².